The number of amides is 1. The van der Waals surface area contributed by atoms with Gasteiger partial charge in [0.25, 0.3) is 5.69 Å². The number of ether oxygens (including phenoxy) is 1. The van der Waals surface area contributed by atoms with E-state index in [1.165, 1.54) is 36.1 Å². The van der Waals surface area contributed by atoms with Crippen LogP contribution < -0.4 is 9.05 Å². The standard InChI is InChI=1S/C29H27N2O10P/c1-18-25-24(19(2)32)28(33)30(25)26(29(34)38-17-20-13-15-21(16-14-20)31(35)36)27(18)41-42(37,39-22-9-5-3-6-10-22)40-23-11-7-4-8-12-23/h3-16,18-19,24-25,32H,17H2,1-2H3/t18-,19?,24+,25-/m0/s1. The molecule has 1 unspecified atom stereocenters. The van der Waals surface area contributed by atoms with Gasteiger partial charge in [-0.1, -0.05) is 43.3 Å². The molecule has 5 rings (SSSR count). The van der Waals surface area contributed by atoms with E-state index in [4.69, 9.17) is 18.3 Å². The van der Waals surface area contributed by atoms with Gasteiger partial charge in [-0.25, -0.2) is 4.79 Å². The molecule has 1 saturated heterocycles. The molecule has 0 radical (unpaired) electrons. The van der Waals surface area contributed by atoms with Gasteiger partial charge in [0.2, 0.25) is 5.91 Å². The second kappa shape index (κ2) is 11.7. The van der Waals surface area contributed by atoms with Crippen molar-refractivity contribution in [3.63, 3.8) is 0 Å². The Kier molecular flexibility index (Phi) is 8.02. The van der Waals surface area contributed by atoms with Crippen LogP contribution in [0.5, 0.6) is 11.5 Å². The number of phosphoric ester groups is 1. The summed E-state index contributed by atoms with van der Waals surface area (Å²) >= 11 is 0. The lowest BCUT2D eigenvalue weighted by Gasteiger charge is -2.46. The minimum absolute atomic E-state index is 0.126. The maximum absolute atomic E-state index is 14.2. The SMILES string of the molecule is CC(O)[C@H]1C(=O)N2C(C(=O)OCc3ccc([N+](=O)[O-])cc3)=C(OP(=O)(Oc3ccccc3)Oc3ccccc3)[C@@H](C)[C@@H]12. The molecule has 1 fully saturated rings. The van der Waals surface area contributed by atoms with E-state index < -0.39 is 48.6 Å². The summed E-state index contributed by atoms with van der Waals surface area (Å²) in [5, 5.41) is 21.2. The van der Waals surface area contributed by atoms with Gasteiger partial charge in [0.05, 0.1) is 23.0 Å². The first kappa shape index (κ1) is 28.8. The molecule has 0 aromatic heterocycles. The Balaban J connectivity index is 1.48. The average molecular weight is 595 g/mol. The quantitative estimate of drug-likeness (QED) is 0.106. The number of nitro benzene ring substituents is 1. The second-order valence-corrected chi connectivity index (χ2v) is 11.3. The molecule has 4 atom stereocenters. The zero-order valence-corrected chi connectivity index (χ0v) is 23.5. The molecule has 0 spiro atoms. The summed E-state index contributed by atoms with van der Waals surface area (Å²) in [4.78, 5) is 38.1. The van der Waals surface area contributed by atoms with Crippen molar-refractivity contribution in [3.05, 3.63) is 112 Å². The number of nitro groups is 1. The van der Waals surface area contributed by atoms with Crippen molar-refractivity contribution >= 4 is 25.4 Å². The molecule has 2 heterocycles. The molecule has 3 aromatic rings. The van der Waals surface area contributed by atoms with Gasteiger partial charge in [-0.15, -0.1) is 0 Å². The number of para-hydroxylation sites is 2. The van der Waals surface area contributed by atoms with E-state index in [0.29, 0.717) is 5.56 Å². The number of aliphatic hydroxyl groups is 1. The number of nitrogens with zero attached hydrogens (tertiary/aromatic N) is 2. The molecule has 13 heteroatoms. The van der Waals surface area contributed by atoms with Gasteiger partial charge >= 0.3 is 13.8 Å². The van der Waals surface area contributed by atoms with Crippen LogP contribution in [-0.2, 0) is 30.0 Å². The Morgan fingerprint density at radius 3 is 2.02 bits per heavy atom. The molecular weight excluding hydrogens is 567 g/mol. The Morgan fingerprint density at radius 2 is 1.52 bits per heavy atom. The minimum Gasteiger partial charge on any atom is -0.456 e. The van der Waals surface area contributed by atoms with Crippen molar-refractivity contribution in [1.82, 2.24) is 4.90 Å². The molecule has 1 amide bonds. The fourth-order valence-corrected chi connectivity index (χ4v) is 6.33. The van der Waals surface area contributed by atoms with E-state index in [9.17, 15) is 29.4 Å². The monoisotopic (exact) mass is 594 g/mol. The van der Waals surface area contributed by atoms with Gasteiger partial charge in [0.15, 0.2) is 5.70 Å². The highest BCUT2D eigenvalue weighted by molar-refractivity contribution is 7.49. The zero-order chi connectivity index (χ0) is 30.0. The number of carbonyl (C=O) groups is 2. The number of non-ortho nitro benzene ring substituents is 1. The smallest absolute Gasteiger partial charge is 0.456 e. The predicted octanol–water partition coefficient (Wildman–Crippen LogP) is 4.99. The van der Waals surface area contributed by atoms with Crippen LogP contribution in [0.25, 0.3) is 0 Å². The van der Waals surface area contributed by atoms with Crippen molar-refractivity contribution in [3.8, 4) is 11.5 Å². The lowest BCUT2D eigenvalue weighted by Crippen LogP contribution is -2.63. The van der Waals surface area contributed by atoms with E-state index in [-0.39, 0.29) is 35.2 Å². The van der Waals surface area contributed by atoms with Gasteiger partial charge < -0.3 is 23.4 Å². The Labute approximate surface area is 240 Å². The molecule has 12 nitrogen and oxygen atoms in total. The number of phosphoric acid groups is 1. The first-order valence-corrected chi connectivity index (χ1v) is 14.5. The number of rotatable bonds is 11. The van der Waals surface area contributed by atoms with Crippen LogP contribution >= 0.6 is 7.82 Å². The summed E-state index contributed by atoms with van der Waals surface area (Å²) in [5.74, 6) is -2.82. The van der Waals surface area contributed by atoms with E-state index in [1.807, 2.05) is 0 Å². The largest absolute Gasteiger partial charge is 0.646 e. The number of β-lactam (4-membered cyclic amide) rings is 1. The molecule has 0 saturated carbocycles. The summed E-state index contributed by atoms with van der Waals surface area (Å²) < 4.78 is 37.0. The van der Waals surface area contributed by atoms with E-state index in [1.54, 1.807) is 67.6 Å². The lowest BCUT2D eigenvalue weighted by molar-refractivity contribution is -0.384. The number of benzene rings is 3. The molecule has 0 aliphatic carbocycles. The molecule has 218 valence electrons. The van der Waals surface area contributed by atoms with Gasteiger partial charge in [0.1, 0.15) is 23.9 Å². The van der Waals surface area contributed by atoms with Crippen molar-refractivity contribution < 1.29 is 42.5 Å². The summed E-state index contributed by atoms with van der Waals surface area (Å²) in [5.41, 5.74) is 0.0469. The average Bonchev–Trinajstić information content (AvgIpc) is 3.20. The van der Waals surface area contributed by atoms with Crippen LogP contribution in [0.4, 0.5) is 5.69 Å². The van der Waals surface area contributed by atoms with Crippen LogP contribution in [0.15, 0.2) is 96.4 Å². The normalized spacial score (nSPS) is 20.3. The second-order valence-electron chi connectivity index (χ2n) is 9.81. The first-order valence-electron chi connectivity index (χ1n) is 13.0. The number of aliphatic hydroxyl groups excluding tert-OH is 1. The number of fused-ring (bicyclic) bond motifs is 1. The Morgan fingerprint density at radius 1 is 0.976 bits per heavy atom. The molecule has 3 aromatic carbocycles. The highest BCUT2D eigenvalue weighted by atomic mass is 31.2. The van der Waals surface area contributed by atoms with Crippen LogP contribution in [0.2, 0.25) is 0 Å². The third-order valence-electron chi connectivity index (χ3n) is 6.95. The van der Waals surface area contributed by atoms with Crippen molar-refractivity contribution in [2.24, 2.45) is 11.8 Å². The Bertz CT molecular complexity index is 1510. The molecular formula is C29H27N2O10P. The summed E-state index contributed by atoms with van der Waals surface area (Å²) in [6.07, 6.45) is -1.02. The van der Waals surface area contributed by atoms with Gasteiger partial charge in [-0.2, -0.15) is 4.57 Å². The zero-order valence-electron chi connectivity index (χ0n) is 22.6. The van der Waals surface area contributed by atoms with Crippen LogP contribution in [0, 0.1) is 22.0 Å². The number of esters is 1. The van der Waals surface area contributed by atoms with E-state index >= 15 is 0 Å². The number of carbonyl (C=O) groups excluding carboxylic acids is 2. The summed E-state index contributed by atoms with van der Waals surface area (Å²) in [6, 6.07) is 21.1. The molecule has 2 aliphatic heterocycles. The first-order chi connectivity index (χ1) is 20.1. The summed E-state index contributed by atoms with van der Waals surface area (Å²) in [6.45, 7) is 2.87. The molecule has 2 aliphatic rings. The molecule has 42 heavy (non-hydrogen) atoms. The van der Waals surface area contributed by atoms with Crippen LogP contribution in [0.1, 0.15) is 19.4 Å². The van der Waals surface area contributed by atoms with Gasteiger partial charge in [-0.05, 0) is 48.9 Å². The minimum atomic E-state index is -4.54. The van der Waals surface area contributed by atoms with Crippen molar-refractivity contribution in [2.75, 3.05) is 0 Å². The third kappa shape index (κ3) is 5.72. The van der Waals surface area contributed by atoms with Crippen LogP contribution in [0.3, 0.4) is 0 Å². The van der Waals surface area contributed by atoms with Crippen molar-refractivity contribution in [2.45, 2.75) is 32.6 Å². The maximum atomic E-state index is 14.2. The number of hydrogen-bond acceptors (Lipinski definition) is 10. The fraction of sp³-hybridized carbons (Fsp3) is 0.241. The fourth-order valence-electron chi connectivity index (χ4n) is 4.96. The van der Waals surface area contributed by atoms with E-state index in [2.05, 4.69) is 0 Å². The number of hydrogen-bond donors (Lipinski definition) is 1. The summed E-state index contributed by atoms with van der Waals surface area (Å²) in [7, 11) is -4.54. The highest BCUT2D eigenvalue weighted by Crippen LogP contribution is 2.57. The molecule has 1 N–H and O–H groups in total. The van der Waals surface area contributed by atoms with E-state index in [0.717, 1.165) is 0 Å². The Hall–Kier alpha value is -4.67. The molecule has 0 bridgehead atoms. The van der Waals surface area contributed by atoms with Crippen molar-refractivity contribution in [1.29, 1.82) is 0 Å². The lowest BCUT2D eigenvalue weighted by atomic mass is 9.79. The van der Waals surface area contributed by atoms with Crippen LogP contribution in [-0.4, -0.2) is 39.0 Å². The predicted molar refractivity (Wildman–Crippen MR) is 148 cm³/mol. The third-order valence-corrected chi connectivity index (χ3v) is 8.24. The van der Waals surface area contributed by atoms with Gasteiger partial charge in [-0.3, -0.25) is 19.8 Å². The highest BCUT2D eigenvalue weighted by Gasteiger charge is 2.62. The maximum Gasteiger partial charge on any atom is 0.646 e. The topological polar surface area (TPSA) is 155 Å². The van der Waals surface area contributed by atoms with Gasteiger partial charge in [0, 0.05) is 18.1 Å².